The first kappa shape index (κ1) is 35.2. The number of hydrogen-bond donors (Lipinski definition) is 0. The predicted molar refractivity (Wildman–Crippen MR) is 159 cm³/mol. The highest BCUT2D eigenvalue weighted by Crippen LogP contribution is 2.39. The number of aromatic nitrogens is 2. The van der Waals surface area contributed by atoms with Gasteiger partial charge in [0.15, 0.2) is 23.2 Å². The third kappa shape index (κ3) is 7.95. The number of nitrogens with zero attached hydrogens (tertiary/aromatic N) is 2. The molecule has 0 aliphatic carbocycles. The largest absolute Gasteiger partial charge is 0.432 e. The Morgan fingerprint density at radius 1 is 0.653 bits per heavy atom. The second-order valence-corrected chi connectivity index (χ2v) is 10.8. The Kier molecular flexibility index (Phi) is 10.4. The Morgan fingerprint density at radius 3 is 1.78 bits per heavy atom. The van der Waals surface area contributed by atoms with Gasteiger partial charge in [-0.2, -0.15) is 17.6 Å². The number of ether oxygens (including phenoxy) is 2. The Labute approximate surface area is 273 Å². The Balaban J connectivity index is 1.34. The number of aryl methyl sites for hydroxylation is 1. The van der Waals surface area contributed by atoms with E-state index in [1.165, 1.54) is 12.4 Å². The Bertz CT molecular complexity index is 1920. The molecular weight excluding hydrogens is 670 g/mol. The molecule has 0 saturated heterocycles. The molecule has 14 heteroatoms. The zero-order valence-corrected chi connectivity index (χ0v) is 25.3. The molecule has 0 atom stereocenters. The van der Waals surface area contributed by atoms with Gasteiger partial charge in [-0.1, -0.05) is 31.9 Å². The van der Waals surface area contributed by atoms with E-state index in [4.69, 9.17) is 0 Å². The van der Waals surface area contributed by atoms with Crippen molar-refractivity contribution in [2.45, 2.75) is 45.3 Å². The summed E-state index contributed by atoms with van der Waals surface area (Å²) in [5.41, 5.74) is -2.37. The first-order valence-corrected chi connectivity index (χ1v) is 14.7. The summed E-state index contributed by atoms with van der Waals surface area (Å²) in [6.45, 7) is -1.47. The molecule has 1 aromatic heterocycles. The summed E-state index contributed by atoms with van der Waals surface area (Å²) in [5, 5.41) is 0. The molecule has 0 spiro atoms. The molecule has 0 fully saturated rings. The maximum Gasteiger partial charge on any atom is 0.432 e. The van der Waals surface area contributed by atoms with E-state index in [-0.39, 0.29) is 33.6 Å². The lowest BCUT2D eigenvalue weighted by molar-refractivity contribution is -0.189. The van der Waals surface area contributed by atoms with Gasteiger partial charge < -0.3 is 9.47 Å². The topological polar surface area (TPSA) is 44.2 Å². The van der Waals surface area contributed by atoms with Crippen LogP contribution in [-0.4, -0.2) is 16.6 Å². The van der Waals surface area contributed by atoms with Gasteiger partial charge in [0, 0.05) is 35.2 Å². The normalized spacial score (nSPS) is 11.7. The molecule has 0 amide bonds. The molecular formula is C35H24F10N2O2. The molecule has 4 nitrogen and oxygen atoms in total. The minimum Gasteiger partial charge on any atom is -0.429 e. The van der Waals surface area contributed by atoms with Crippen molar-refractivity contribution < 1.29 is 53.4 Å². The molecule has 0 aliphatic rings. The van der Waals surface area contributed by atoms with E-state index < -0.39 is 64.7 Å². The highest BCUT2D eigenvalue weighted by atomic mass is 19.3. The van der Waals surface area contributed by atoms with E-state index in [9.17, 15) is 30.7 Å². The molecule has 5 rings (SSSR count). The van der Waals surface area contributed by atoms with E-state index in [2.05, 4.69) is 19.4 Å². The lowest BCUT2D eigenvalue weighted by Gasteiger charge is -2.20. The smallest absolute Gasteiger partial charge is 0.429 e. The van der Waals surface area contributed by atoms with Gasteiger partial charge in [0.1, 0.15) is 34.6 Å². The average Bonchev–Trinajstić information content (AvgIpc) is 3.02. The summed E-state index contributed by atoms with van der Waals surface area (Å²) < 4.78 is 151. The SMILES string of the molecule is CCCCCc1cnc(-c2cc(F)c(C(F)(F)Oc3ccc(-c4ccc(-c5cc(F)c(OC(F)F)c(F)c5)c(F)c4)c(F)c3)c(F)c2)nc1. The van der Waals surface area contributed by atoms with Gasteiger partial charge >= 0.3 is 12.7 Å². The van der Waals surface area contributed by atoms with Crippen molar-refractivity contribution in [3.05, 3.63) is 119 Å². The summed E-state index contributed by atoms with van der Waals surface area (Å²) in [5.74, 6) is -11.0. The van der Waals surface area contributed by atoms with E-state index in [0.29, 0.717) is 36.8 Å². The molecule has 0 radical (unpaired) electrons. The van der Waals surface area contributed by atoms with Crippen LogP contribution in [0, 0.1) is 34.9 Å². The van der Waals surface area contributed by atoms with Crippen LogP contribution in [0.1, 0.15) is 37.3 Å². The van der Waals surface area contributed by atoms with Gasteiger partial charge in [-0.25, -0.2) is 36.3 Å². The standard InChI is InChI=1S/C35H24F10N2O2/c1-2-3-4-5-18-16-46-33(47-17-18)21-13-27(38)31(28(39)14-21)35(44,45)49-22-7-9-23(26(37)15-22)19-6-8-24(25(36)10-19)20-11-29(40)32(30(41)12-20)48-34(42)43/h6-17,34H,2-5H2,1H3. The highest BCUT2D eigenvalue weighted by Gasteiger charge is 2.41. The Hall–Kier alpha value is -5.14. The van der Waals surface area contributed by atoms with Crippen molar-refractivity contribution in [3.8, 4) is 45.1 Å². The zero-order chi connectivity index (χ0) is 35.5. The second-order valence-electron chi connectivity index (χ2n) is 10.8. The van der Waals surface area contributed by atoms with E-state index >= 15 is 13.2 Å². The fourth-order valence-electron chi connectivity index (χ4n) is 5.02. The van der Waals surface area contributed by atoms with Crippen molar-refractivity contribution >= 4 is 0 Å². The molecule has 256 valence electrons. The average molecular weight is 695 g/mol. The second kappa shape index (κ2) is 14.5. The van der Waals surface area contributed by atoms with Crippen LogP contribution in [-0.2, 0) is 12.5 Å². The molecule has 1 heterocycles. The van der Waals surface area contributed by atoms with E-state index in [1.807, 2.05) is 6.92 Å². The van der Waals surface area contributed by atoms with Crippen LogP contribution < -0.4 is 9.47 Å². The van der Waals surface area contributed by atoms with Crippen molar-refractivity contribution in [2.75, 3.05) is 0 Å². The summed E-state index contributed by atoms with van der Waals surface area (Å²) in [6.07, 6.45) is 1.97. The van der Waals surface area contributed by atoms with Crippen LogP contribution in [0.3, 0.4) is 0 Å². The number of alkyl halides is 4. The predicted octanol–water partition coefficient (Wildman–Crippen LogP) is 10.8. The fourth-order valence-corrected chi connectivity index (χ4v) is 5.02. The zero-order valence-electron chi connectivity index (χ0n) is 25.3. The number of rotatable bonds is 12. The van der Waals surface area contributed by atoms with Gasteiger partial charge in [-0.15, -0.1) is 0 Å². The molecule has 5 aromatic rings. The highest BCUT2D eigenvalue weighted by molar-refractivity contribution is 5.72. The van der Waals surface area contributed by atoms with Crippen LogP contribution >= 0.6 is 0 Å². The maximum atomic E-state index is 15.1. The third-order valence-corrected chi connectivity index (χ3v) is 7.35. The van der Waals surface area contributed by atoms with Crippen molar-refractivity contribution in [3.63, 3.8) is 0 Å². The quantitative estimate of drug-likeness (QED) is 0.0963. The lowest BCUT2D eigenvalue weighted by Crippen LogP contribution is -2.25. The molecule has 49 heavy (non-hydrogen) atoms. The summed E-state index contributed by atoms with van der Waals surface area (Å²) in [4.78, 5) is 8.14. The first-order valence-electron chi connectivity index (χ1n) is 14.7. The molecule has 0 unspecified atom stereocenters. The fraction of sp³-hybridized carbons (Fsp3) is 0.200. The van der Waals surface area contributed by atoms with Crippen LogP contribution in [0.4, 0.5) is 43.9 Å². The van der Waals surface area contributed by atoms with E-state index in [1.54, 1.807) is 0 Å². The van der Waals surface area contributed by atoms with Crippen molar-refractivity contribution in [1.29, 1.82) is 0 Å². The molecule has 0 saturated carbocycles. The molecule has 0 bridgehead atoms. The van der Waals surface area contributed by atoms with Crippen LogP contribution in [0.2, 0.25) is 0 Å². The first-order chi connectivity index (χ1) is 23.3. The van der Waals surface area contributed by atoms with E-state index in [0.717, 1.165) is 55.2 Å². The number of hydrogen-bond acceptors (Lipinski definition) is 4. The van der Waals surface area contributed by atoms with Crippen molar-refractivity contribution in [1.82, 2.24) is 9.97 Å². The van der Waals surface area contributed by atoms with Gasteiger partial charge in [-0.05, 0) is 72.0 Å². The van der Waals surface area contributed by atoms with Crippen LogP contribution in [0.15, 0.2) is 73.1 Å². The summed E-state index contributed by atoms with van der Waals surface area (Å²) in [7, 11) is 0. The number of benzene rings is 4. The minimum absolute atomic E-state index is 0.0911. The van der Waals surface area contributed by atoms with Gasteiger partial charge in [0.25, 0.3) is 0 Å². The van der Waals surface area contributed by atoms with Gasteiger partial charge in [0.2, 0.25) is 0 Å². The van der Waals surface area contributed by atoms with Crippen LogP contribution in [0.5, 0.6) is 11.5 Å². The Morgan fingerprint density at radius 2 is 1.20 bits per heavy atom. The van der Waals surface area contributed by atoms with Gasteiger partial charge in [0.05, 0.1) is 0 Å². The van der Waals surface area contributed by atoms with Crippen LogP contribution in [0.25, 0.3) is 33.6 Å². The number of halogens is 10. The molecule has 0 aliphatic heterocycles. The minimum atomic E-state index is -4.61. The van der Waals surface area contributed by atoms with Gasteiger partial charge in [-0.3, -0.25) is 0 Å². The summed E-state index contributed by atoms with van der Waals surface area (Å²) in [6, 6.07) is 7.58. The molecule has 0 N–H and O–H groups in total. The lowest BCUT2D eigenvalue weighted by atomic mass is 9.99. The third-order valence-electron chi connectivity index (χ3n) is 7.35. The number of unbranched alkanes of at least 4 members (excludes halogenated alkanes) is 2. The maximum absolute atomic E-state index is 15.1. The monoisotopic (exact) mass is 694 g/mol. The molecule has 4 aromatic carbocycles. The summed E-state index contributed by atoms with van der Waals surface area (Å²) >= 11 is 0. The van der Waals surface area contributed by atoms with Crippen molar-refractivity contribution in [2.24, 2.45) is 0 Å².